The normalized spacial score (nSPS) is 12.8. The van der Waals surface area contributed by atoms with Crippen LogP contribution in [0.15, 0.2) is 24.3 Å². The van der Waals surface area contributed by atoms with E-state index in [-0.39, 0.29) is 0 Å². The summed E-state index contributed by atoms with van der Waals surface area (Å²) in [6.07, 6.45) is 2.47. The van der Waals surface area contributed by atoms with E-state index >= 15 is 0 Å². The van der Waals surface area contributed by atoms with Crippen molar-refractivity contribution in [3.05, 3.63) is 29.8 Å². The molecule has 1 aromatic carbocycles. The predicted molar refractivity (Wildman–Crippen MR) is 74.3 cm³/mol. The summed E-state index contributed by atoms with van der Waals surface area (Å²) < 4.78 is 5.21. The fraction of sp³-hybridized carbons (Fsp3) is 0.600. The summed E-state index contributed by atoms with van der Waals surface area (Å²) in [5, 5.41) is 3.57. The first kappa shape index (κ1) is 14.0. The molecule has 0 aliphatic carbocycles. The van der Waals surface area contributed by atoms with Crippen LogP contribution in [-0.2, 0) is 11.3 Å². The Bertz CT molecular complexity index is 322. The first-order valence-electron chi connectivity index (χ1n) is 6.47. The molecule has 1 aromatic rings. The second-order valence-electron chi connectivity index (χ2n) is 5.11. The third-order valence-corrected chi connectivity index (χ3v) is 2.90. The van der Waals surface area contributed by atoms with Crippen LogP contribution in [0, 0.1) is 5.92 Å². The Balaban J connectivity index is 2.54. The molecule has 0 heterocycles. The third kappa shape index (κ3) is 5.22. The van der Waals surface area contributed by atoms with Gasteiger partial charge in [0.1, 0.15) is 0 Å². The molecule has 1 unspecified atom stereocenters. The second kappa shape index (κ2) is 7.33. The van der Waals surface area contributed by atoms with E-state index in [0.717, 1.165) is 5.92 Å². The number of hydrogen-bond donors (Lipinski definition) is 1. The predicted octanol–water partition coefficient (Wildman–Crippen LogP) is 4.07. The maximum absolute atomic E-state index is 5.21. The van der Waals surface area contributed by atoms with Crippen molar-refractivity contribution >= 4 is 5.69 Å². The zero-order chi connectivity index (χ0) is 12.7. The average molecular weight is 235 g/mol. The minimum absolute atomic E-state index is 0.510. The lowest BCUT2D eigenvalue weighted by molar-refractivity contribution is 0.185. The van der Waals surface area contributed by atoms with Crippen molar-refractivity contribution in [2.24, 2.45) is 5.92 Å². The molecule has 0 spiro atoms. The summed E-state index contributed by atoms with van der Waals surface area (Å²) in [7, 11) is 1.74. The highest BCUT2D eigenvalue weighted by molar-refractivity contribution is 5.51. The molecule has 2 heteroatoms. The first-order valence-corrected chi connectivity index (χ1v) is 6.47. The molecule has 96 valence electrons. The summed E-state index contributed by atoms with van der Waals surface area (Å²) in [6.45, 7) is 7.45. The lowest BCUT2D eigenvalue weighted by Gasteiger charge is -2.18. The summed E-state index contributed by atoms with van der Waals surface area (Å²) in [5.74, 6) is 0.772. The summed E-state index contributed by atoms with van der Waals surface area (Å²) >= 11 is 0. The van der Waals surface area contributed by atoms with Gasteiger partial charge in [-0.1, -0.05) is 32.0 Å². The second-order valence-corrected chi connectivity index (χ2v) is 5.11. The maximum Gasteiger partial charge on any atom is 0.0733 e. The van der Waals surface area contributed by atoms with E-state index in [9.17, 15) is 0 Å². The van der Waals surface area contributed by atoms with E-state index in [1.807, 2.05) is 0 Å². The van der Waals surface area contributed by atoms with Gasteiger partial charge in [0.05, 0.1) is 6.61 Å². The minimum atomic E-state index is 0.510. The smallest absolute Gasteiger partial charge is 0.0733 e. The Labute approximate surface area is 105 Å². The van der Waals surface area contributed by atoms with Crippen LogP contribution >= 0.6 is 0 Å². The molecule has 0 saturated heterocycles. The number of methoxy groups -OCH3 is 1. The van der Waals surface area contributed by atoms with Crippen LogP contribution in [0.3, 0.4) is 0 Å². The zero-order valence-corrected chi connectivity index (χ0v) is 11.5. The lowest BCUT2D eigenvalue weighted by Crippen LogP contribution is -2.17. The van der Waals surface area contributed by atoms with E-state index < -0.39 is 0 Å². The van der Waals surface area contributed by atoms with Gasteiger partial charge in [-0.15, -0.1) is 0 Å². The van der Waals surface area contributed by atoms with Gasteiger partial charge in [0.25, 0.3) is 0 Å². The number of ether oxygens (including phenoxy) is 1. The minimum Gasteiger partial charge on any atom is -0.382 e. The van der Waals surface area contributed by atoms with Crippen molar-refractivity contribution in [2.75, 3.05) is 12.4 Å². The molecule has 2 nitrogen and oxygen atoms in total. The molecule has 0 radical (unpaired) electrons. The molecular formula is C15H25NO. The van der Waals surface area contributed by atoms with E-state index in [2.05, 4.69) is 50.4 Å². The van der Waals surface area contributed by atoms with Crippen molar-refractivity contribution in [1.82, 2.24) is 0 Å². The van der Waals surface area contributed by atoms with Gasteiger partial charge in [0, 0.05) is 24.4 Å². The third-order valence-electron chi connectivity index (χ3n) is 2.90. The van der Waals surface area contributed by atoms with Crippen molar-refractivity contribution in [2.45, 2.75) is 46.3 Å². The van der Waals surface area contributed by atoms with E-state index in [4.69, 9.17) is 4.74 Å². The van der Waals surface area contributed by atoms with Crippen LogP contribution in [0.1, 0.15) is 39.2 Å². The number of benzene rings is 1. The van der Waals surface area contributed by atoms with Crippen molar-refractivity contribution in [1.29, 1.82) is 0 Å². The molecule has 0 bridgehead atoms. The van der Waals surface area contributed by atoms with Crippen LogP contribution < -0.4 is 5.32 Å². The van der Waals surface area contributed by atoms with Crippen LogP contribution in [0.25, 0.3) is 0 Å². The molecule has 0 aliphatic rings. The Morgan fingerprint density at radius 3 is 2.47 bits per heavy atom. The topological polar surface area (TPSA) is 21.3 Å². The van der Waals surface area contributed by atoms with Gasteiger partial charge in [-0.2, -0.15) is 0 Å². The maximum atomic E-state index is 5.21. The van der Waals surface area contributed by atoms with Gasteiger partial charge in [-0.3, -0.25) is 0 Å². The number of para-hydroxylation sites is 1. The molecule has 1 rings (SSSR count). The summed E-state index contributed by atoms with van der Waals surface area (Å²) in [5.41, 5.74) is 2.43. The summed E-state index contributed by atoms with van der Waals surface area (Å²) in [4.78, 5) is 0. The van der Waals surface area contributed by atoms with Gasteiger partial charge in [-0.25, -0.2) is 0 Å². The van der Waals surface area contributed by atoms with E-state index in [0.29, 0.717) is 12.6 Å². The molecular weight excluding hydrogens is 210 g/mol. The van der Waals surface area contributed by atoms with Gasteiger partial charge in [0.15, 0.2) is 0 Å². The number of rotatable bonds is 7. The highest BCUT2D eigenvalue weighted by Crippen LogP contribution is 2.18. The van der Waals surface area contributed by atoms with E-state index in [1.54, 1.807) is 7.11 Å². The average Bonchev–Trinajstić information content (AvgIpc) is 2.29. The fourth-order valence-electron chi connectivity index (χ4n) is 1.86. The van der Waals surface area contributed by atoms with Gasteiger partial charge < -0.3 is 10.1 Å². The number of nitrogens with one attached hydrogen (secondary N) is 1. The van der Waals surface area contributed by atoms with Crippen LogP contribution in [0.5, 0.6) is 0 Å². The quantitative estimate of drug-likeness (QED) is 0.769. The van der Waals surface area contributed by atoms with Crippen molar-refractivity contribution < 1.29 is 4.74 Å². The molecule has 0 amide bonds. The molecule has 1 N–H and O–H groups in total. The Kier molecular flexibility index (Phi) is 6.06. The van der Waals surface area contributed by atoms with Gasteiger partial charge >= 0.3 is 0 Å². The largest absolute Gasteiger partial charge is 0.382 e. The summed E-state index contributed by atoms with van der Waals surface area (Å²) in [6, 6.07) is 8.87. The standard InChI is InChI=1S/C15H25NO/c1-12(2)9-10-13(3)16-15-8-6-5-7-14(15)11-17-4/h5-8,12-13,16H,9-11H2,1-4H3. The molecule has 0 fully saturated rings. The fourth-order valence-corrected chi connectivity index (χ4v) is 1.86. The Hall–Kier alpha value is -1.02. The van der Waals surface area contributed by atoms with Crippen LogP contribution in [-0.4, -0.2) is 13.2 Å². The first-order chi connectivity index (χ1) is 8.13. The molecule has 17 heavy (non-hydrogen) atoms. The van der Waals surface area contributed by atoms with Crippen molar-refractivity contribution in [3.63, 3.8) is 0 Å². The van der Waals surface area contributed by atoms with Gasteiger partial charge in [-0.05, 0) is 31.7 Å². The van der Waals surface area contributed by atoms with Crippen LogP contribution in [0.2, 0.25) is 0 Å². The molecule has 0 aliphatic heterocycles. The monoisotopic (exact) mass is 235 g/mol. The van der Waals surface area contributed by atoms with Crippen LogP contribution in [0.4, 0.5) is 5.69 Å². The SMILES string of the molecule is COCc1ccccc1NC(C)CCC(C)C. The number of hydrogen-bond acceptors (Lipinski definition) is 2. The molecule has 1 atom stereocenters. The Morgan fingerprint density at radius 1 is 1.12 bits per heavy atom. The zero-order valence-electron chi connectivity index (χ0n) is 11.5. The Morgan fingerprint density at radius 2 is 1.82 bits per heavy atom. The highest BCUT2D eigenvalue weighted by atomic mass is 16.5. The van der Waals surface area contributed by atoms with Crippen molar-refractivity contribution in [3.8, 4) is 0 Å². The highest BCUT2D eigenvalue weighted by Gasteiger charge is 2.06. The molecule has 0 aromatic heterocycles. The number of anilines is 1. The molecule has 0 saturated carbocycles. The lowest BCUT2D eigenvalue weighted by atomic mass is 10.0. The van der Waals surface area contributed by atoms with E-state index in [1.165, 1.54) is 24.1 Å². The van der Waals surface area contributed by atoms with Gasteiger partial charge in [0.2, 0.25) is 0 Å².